The van der Waals surface area contributed by atoms with Gasteiger partial charge in [-0.1, -0.05) is 22.7 Å². The maximum Gasteiger partial charge on any atom is 0.224 e. The van der Waals surface area contributed by atoms with E-state index in [1.807, 2.05) is 0 Å². The Kier molecular flexibility index (Phi) is 6.28. The quantitative estimate of drug-likeness (QED) is 0.510. The van der Waals surface area contributed by atoms with Crippen molar-refractivity contribution in [3.63, 3.8) is 0 Å². The molecule has 0 saturated carbocycles. The first-order valence-electron chi connectivity index (χ1n) is 5.93. The molecule has 2 aromatic heterocycles. The number of aromatic nitrogens is 2. The van der Waals surface area contributed by atoms with Gasteiger partial charge in [0.05, 0.1) is 24.0 Å². The maximum absolute atomic E-state index is 5.50. The monoisotopic (exact) mass is 286 g/mol. The van der Waals surface area contributed by atoms with Gasteiger partial charge in [-0.25, -0.2) is 0 Å². The van der Waals surface area contributed by atoms with E-state index < -0.39 is 0 Å². The van der Waals surface area contributed by atoms with Gasteiger partial charge in [0, 0.05) is 0 Å². The minimum absolute atomic E-state index is 0.666. The zero-order valence-corrected chi connectivity index (χ0v) is 11.9. The minimum atomic E-state index is 0.666. The maximum atomic E-state index is 5.50. The van der Waals surface area contributed by atoms with Crippen LogP contribution in [0.2, 0.25) is 0 Å². The predicted molar refractivity (Wildman–Crippen MR) is 70.7 cm³/mol. The summed E-state index contributed by atoms with van der Waals surface area (Å²) in [4.78, 5) is 0. The van der Waals surface area contributed by atoms with Crippen LogP contribution in [0.25, 0.3) is 0 Å². The molecule has 0 bridgehead atoms. The Morgan fingerprint density at radius 1 is 0.722 bits per heavy atom. The van der Waals surface area contributed by atoms with Gasteiger partial charge in [0.25, 0.3) is 0 Å². The number of hydrogen-bond donors (Lipinski definition) is 0. The van der Waals surface area contributed by atoms with Crippen LogP contribution in [0.4, 0.5) is 0 Å². The Labute approximate surface area is 115 Å². The molecule has 0 amide bonds. The SMILES string of the molecule is c1c[n+](CCOCCOCC[n+]2ccsc2)cs1. The van der Waals surface area contributed by atoms with E-state index in [1.165, 1.54) is 0 Å². The molecule has 4 nitrogen and oxygen atoms in total. The van der Waals surface area contributed by atoms with Crippen molar-refractivity contribution >= 4 is 22.7 Å². The van der Waals surface area contributed by atoms with Crippen molar-refractivity contribution in [1.29, 1.82) is 0 Å². The van der Waals surface area contributed by atoms with Crippen LogP contribution in [0.1, 0.15) is 0 Å². The lowest BCUT2D eigenvalue weighted by atomic mass is 10.6. The van der Waals surface area contributed by atoms with Crippen molar-refractivity contribution in [2.24, 2.45) is 0 Å². The Morgan fingerprint density at radius 2 is 1.22 bits per heavy atom. The van der Waals surface area contributed by atoms with Crippen molar-refractivity contribution in [2.75, 3.05) is 26.4 Å². The molecule has 0 aliphatic rings. The zero-order chi connectivity index (χ0) is 12.5. The van der Waals surface area contributed by atoms with Gasteiger partial charge >= 0.3 is 0 Å². The topological polar surface area (TPSA) is 26.2 Å². The Hall–Kier alpha value is -0.820. The second-order valence-electron chi connectivity index (χ2n) is 3.75. The van der Waals surface area contributed by atoms with Crippen LogP contribution in [0.5, 0.6) is 0 Å². The summed E-state index contributed by atoms with van der Waals surface area (Å²) in [6.45, 7) is 4.63. The summed E-state index contributed by atoms with van der Waals surface area (Å²) in [5.74, 6) is 0. The van der Waals surface area contributed by atoms with E-state index in [0.29, 0.717) is 13.2 Å². The van der Waals surface area contributed by atoms with Crippen LogP contribution in [0.15, 0.2) is 34.2 Å². The van der Waals surface area contributed by atoms with Gasteiger partial charge in [0.15, 0.2) is 25.5 Å². The standard InChI is InChI=1S/C12H18N2O2S2/c1(13-3-9-17-11-13)5-15-7-8-16-6-2-14-4-10-18-12-14/h3-4,9-12H,1-2,5-8H2/q+2. The first-order valence-corrected chi connectivity index (χ1v) is 7.82. The normalized spacial score (nSPS) is 10.9. The highest BCUT2D eigenvalue weighted by molar-refractivity contribution is 7.07. The van der Waals surface area contributed by atoms with E-state index in [-0.39, 0.29) is 0 Å². The van der Waals surface area contributed by atoms with Gasteiger partial charge in [-0.3, -0.25) is 0 Å². The molecule has 0 aliphatic heterocycles. The summed E-state index contributed by atoms with van der Waals surface area (Å²) in [7, 11) is 0. The van der Waals surface area contributed by atoms with E-state index in [4.69, 9.17) is 9.47 Å². The molecular formula is C12H18N2O2S2+2. The van der Waals surface area contributed by atoms with Gasteiger partial charge in [-0.15, -0.1) is 0 Å². The van der Waals surface area contributed by atoms with Gasteiger partial charge < -0.3 is 9.47 Å². The fourth-order valence-electron chi connectivity index (χ4n) is 1.44. The molecule has 2 rings (SSSR count). The Balaban J connectivity index is 1.40. The van der Waals surface area contributed by atoms with Crippen LogP contribution in [0.3, 0.4) is 0 Å². The molecule has 18 heavy (non-hydrogen) atoms. The fourth-order valence-corrected chi connectivity index (χ4v) is 2.70. The lowest BCUT2D eigenvalue weighted by molar-refractivity contribution is -0.694. The molecule has 0 atom stereocenters. The van der Waals surface area contributed by atoms with Gasteiger partial charge in [-0.05, 0) is 0 Å². The van der Waals surface area contributed by atoms with Crippen molar-refractivity contribution in [1.82, 2.24) is 0 Å². The molecule has 0 fully saturated rings. The summed E-state index contributed by atoms with van der Waals surface area (Å²) in [6.07, 6.45) is 4.12. The largest absolute Gasteiger partial charge is 0.372 e. The molecule has 2 aromatic rings. The zero-order valence-electron chi connectivity index (χ0n) is 10.2. The van der Waals surface area contributed by atoms with E-state index in [2.05, 4.69) is 43.3 Å². The summed E-state index contributed by atoms with van der Waals surface area (Å²) >= 11 is 3.39. The Bertz CT molecular complexity index is 363. The molecule has 0 saturated heterocycles. The molecule has 0 N–H and O–H groups in total. The molecule has 98 valence electrons. The van der Waals surface area contributed by atoms with Crippen molar-refractivity contribution in [3.05, 3.63) is 34.2 Å². The van der Waals surface area contributed by atoms with Crippen molar-refractivity contribution in [2.45, 2.75) is 13.1 Å². The average Bonchev–Trinajstić information content (AvgIpc) is 3.05. The summed E-state index contributed by atoms with van der Waals surface area (Å²) in [5, 5.41) is 4.12. The average molecular weight is 286 g/mol. The van der Waals surface area contributed by atoms with Crippen molar-refractivity contribution in [3.8, 4) is 0 Å². The first kappa shape index (κ1) is 13.6. The van der Waals surface area contributed by atoms with E-state index in [1.54, 1.807) is 22.7 Å². The summed E-state index contributed by atoms with van der Waals surface area (Å²) in [6, 6.07) is 0. The number of rotatable bonds is 9. The Morgan fingerprint density at radius 3 is 1.61 bits per heavy atom. The highest BCUT2D eigenvalue weighted by Crippen LogP contribution is 1.89. The van der Waals surface area contributed by atoms with Gasteiger partial charge in [-0.2, -0.15) is 9.13 Å². The number of hydrogen-bond acceptors (Lipinski definition) is 4. The van der Waals surface area contributed by atoms with Crippen molar-refractivity contribution < 1.29 is 18.6 Å². The fraction of sp³-hybridized carbons (Fsp3) is 0.500. The smallest absolute Gasteiger partial charge is 0.224 e. The van der Waals surface area contributed by atoms with Crippen LogP contribution in [0, 0.1) is 0 Å². The number of ether oxygens (including phenoxy) is 2. The first-order chi connectivity index (χ1) is 8.95. The third-order valence-electron chi connectivity index (χ3n) is 2.41. The van der Waals surface area contributed by atoms with Crippen LogP contribution >= 0.6 is 22.7 Å². The van der Waals surface area contributed by atoms with E-state index in [0.717, 1.165) is 26.3 Å². The summed E-state index contributed by atoms with van der Waals surface area (Å²) < 4.78 is 15.2. The molecule has 0 unspecified atom stereocenters. The molecular weight excluding hydrogens is 268 g/mol. The minimum Gasteiger partial charge on any atom is -0.372 e. The molecule has 0 radical (unpaired) electrons. The van der Waals surface area contributed by atoms with Crippen LogP contribution < -0.4 is 9.13 Å². The van der Waals surface area contributed by atoms with E-state index >= 15 is 0 Å². The number of nitrogens with zero attached hydrogens (tertiary/aromatic N) is 2. The molecule has 2 heterocycles. The van der Waals surface area contributed by atoms with E-state index in [9.17, 15) is 0 Å². The lowest BCUT2D eigenvalue weighted by Gasteiger charge is -2.02. The predicted octanol–water partition coefficient (Wildman–Crippen LogP) is 1.12. The van der Waals surface area contributed by atoms with Crippen LogP contribution in [-0.2, 0) is 22.6 Å². The number of thiazole rings is 2. The third-order valence-corrected chi connectivity index (χ3v) is 3.76. The third kappa shape index (κ3) is 5.22. The lowest BCUT2D eigenvalue weighted by Crippen LogP contribution is -2.33. The molecule has 0 spiro atoms. The van der Waals surface area contributed by atoms with Gasteiger partial charge in [0.2, 0.25) is 11.0 Å². The second kappa shape index (κ2) is 8.31. The summed E-state index contributed by atoms with van der Waals surface area (Å²) in [5.41, 5.74) is 4.16. The molecule has 0 aromatic carbocycles. The van der Waals surface area contributed by atoms with Crippen LogP contribution in [-0.4, -0.2) is 26.4 Å². The molecule has 0 aliphatic carbocycles. The molecule has 6 heteroatoms. The highest BCUT2D eigenvalue weighted by atomic mass is 32.1. The van der Waals surface area contributed by atoms with Gasteiger partial charge in [0.1, 0.15) is 13.2 Å². The highest BCUT2D eigenvalue weighted by Gasteiger charge is 2.00. The second-order valence-corrected chi connectivity index (χ2v) is 5.26.